The lowest BCUT2D eigenvalue weighted by Gasteiger charge is -2.49. The van der Waals surface area contributed by atoms with Gasteiger partial charge in [0, 0.05) is 0 Å². The van der Waals surface area contributed by atoms with Crippen molar-refractivity contribution in [2.75, 3.05) is 0 Å². The molecule has 0 aromatic carbocycles. The maximum atomic E-state index is 10.3. The number of fused-ring (bicyclic) bond motifs is 1. The number of hydrogen-bond donors (Lipinski definition) is 2. The van der Waals surface area contributed by atoms with Crippen molar-refractivity contribution in [3.8, 4) is 0 Å². The monoisotopic (exact) mass is 454 g/mol. The van der Waals surface area contributed by atoms with Crippen molar-refractivity contribution >= 4 is 0 Å². The van der Waals surface area contributed by atoms with Gasteiger partial charge in [-0.15, -0.1) is 0 Å². The molecule has 0 aromatic heterocycles. The van der Waals surface area contributed by atoms with E-state index in [-0.39, 0.29) is 11.5 Å². The lowest BCUT2D eigenvalue weighted by Crippen LogP contribution is -2.41. The molecule has 3 fully saturated rings. The first-order valence-corrected chi connectivity index (χ1v) is 13.6. The Bertz CT molecular complexity index is 779. The van der Waals surface area contributed by atoms with E-state index < -0.39 is 5.60 Å². The van der Waals surface area contributed by atoms with E-state index in [0.717, 1.165) is 50.0 Å². The van der Waals surface area contributed by atoms with Gasteiger partial charge in [-0.1, -0.05) is 56.7 Å². The first kappa shape index (κ1) is 26.5. The van der Waals surface area contributed by atoms with E-state index in [0.29, 0.717) is 11.3 Å². The molecule has 0 amide bonds. The highest BCUT2D eigenvalue weighted by atomic mass is 16.3. The van der Waals surface area contributed by atoms with Crippen LogP contribution in [0.3, 0.4) is 0 Å². The Labute approximate surface area is 204 Å². The van der Waals surface area contributed by atoms with E-state index in [4.69, 9.17) is 0 Å². The van der Waals surface area contributed by atoms with Gasteiger partial charge in [0.15, 0.2) is 0 Å². The fourth-order valence-corrected chi connectivity index (χ4v) is 7.55. The Kier molecular flexibility index (Phi) is 8.55. The second-order valence-electron chi connectivity index (χ2n) is 12.5. The predicted molar refractivity (Wildman–Crippen MR) is 141 cm³/mol. The smallest absolute Gasteiger partial charge is 0.0787 e. The third kappa shape index (κ3) is 6.12. The molecule has 2 heteroatoms. The molecule has 186 valence electrons. The van der Waals surface area contributed by atoms with Crippen LogP contribution < -0.4 is 0 Å². The van der Waals surface area contributed by atoms with Crippen molar-refractivity contribution in [2.45, 2.75) is 123 Å². The lowest BCUT2D eigenvalue weighted by atomic mass is 9.55. The molecule has 33 heavy (non-hydrogen) atoms. The van der Waals surface area contributed by atoms with E-state index in [9.17, 15) is 10.2 Å². The second kappa shape index (κ2) is 10.6. The normalized spacial score (nSPS) is 35.4. The SMILES string of the molecule is C=C1/C(=C\C=C2/CCC[C@@]3(C)C2CC[C@@H]3[C@@](C)(C/C=C\C)CCCC(C)(C)O)CCC[C@@H]1O. The van der Waals surface area contributed by atoms with Crippen LogP contribution in [0.5, 0.6) is 0 Å². The molecule has 3 aliphatic rings. The Morgan fingerprint density at radius 1 is 1.06 bits per heavy atom. The molecule has 2 N–H and O–H groups in total. The fraction of sp³-hybridized carbons (Fsp3) is 0.742. The Hall–Kier alpha value is -1.12. The van der Waals surface area contributed by atoms with Crippen LogP contribution >= 0.6 is 0 Å². The van der Waals surface area contributed by atoms with Crippen molar-refractivity contribution < 1.29 is 10.2 Å². The zero-order valence-electron chi connectivity index (χ0n) is 22.1. The van der Waals surface area contributed by atoms with Gasteiger partial charge in [0.05, 0.1) is 11.7 Å². The summed E-state index contributed by atoms with van der Waals surface area (Å²) in [4.78, 5) is 0. The molecule has 0 aromatic rings. The molecule has 0 heterocycles. The minimum atomic E-state index is -0.575. The molecule has 0 radical (unpaired) electrons. The van der Waals surface area contributed by atoms with Crippen molar-refractivity contribution in [1.29, 1.82) is 0 Å². The zero-order valence-corrected chi connectivity index (χ0v) is 22.1. The molecule has 0 spiro atoms. The molecule has 3 saturated carbocycles. The average molecular weight is 455 g/mol. The zero-order chi connectivity index (χ0) is 24.3. The van der Waals surface area contributed by atoms with Gasteiger partial charge in [-0.2, -0.15) is 0 Å². The summed E-state index contributed by atoms with van der Waals surface area (Å²) < 4.78 is 0. The molecule has 0 saturated heterocycles. The summed E-state index contributed by atoms with van der Waals surface area (Å²) in [5, 5.41) is 20.5. The predicted octanol–water partition coefficient (Wildman–Crippen LogP) is 8.07. The Morgan fingerprint density at radius 3 is 2.52 bits per heavy atom. The Balaban J connectivity index is 1.82. The van der Waals surface area contributed by atoms with Crippen LogP contribution in [-0.4, -0.2) is 21.9 Å². The summed E-state index contributed by atoms with van der Waals surface area (Å²) in [6, 6.07) is 0. The maximum absolute atomic E-state index is 10.3. The van der Waals surface area contributed by atoms with Gasteiger partial charge in [-0.3, -0.25) is 0 Å². The van der Waals surface area contributed by atoms with E-state index in [1.54, 1.807) is 5.57 Å². The second-order valence-corrected chi connectivity index (χ2v) is 12.5. The van der Waals surface area contributed by atoms with Crippen molar-refractivity contribution in [3.63, 3.8) is 0 Å². The number of rotatable bonds is 8. The summed E-state index contributed by atoms with van der Waals surface area (Å²) in [6.45, 7) is 15.3. The molecule has 3 aliphatic carbocycles. The van der Waals surface area contributed by atoms with Gasteiger partial charge in [-0.05, 0) is 125 Å². The van der Waals surface area contributed by atoms with Crippen LogP contribution in [0, 0.1) is 22.7 Å². The number of hydrogen-bond acceptors (Lipinski definition) is 2. The van der Waals surface area contributed by atoms with E-state index in [1.807, 2.05) is 13.8 Å². The topological polar surface area (TPSA) is 40.5 Å². The van der Waals surface area contributed by atoms with Crippen molar-refractivity contribution in [1.82, 2.24) is 0 Å². The third-order valence-electron chi connectivity index (χ3n) is 9.40. The van der Waals surface area contributed by atoms with Gasteiger partial charge in [0.25, 0.3) is 0 Å². The molecular formula is C31H50O2. The minimum absolute atomic E-state index is 0.282. The summed E-state index contributed by atoms with van der Waals surface area (Å²) in [5.41, 5.74) is 3.89. The van der Waals surface area contributed by atoms with Crippen LogP contribution in [0.1, 0.15) is 112 Å². The number of allylic oxidation sites excluding steroid dienone is 5. The standard InChI is InChI=1S/C31H50O2/c1-7-8-20-30(5,21-11-19-29(3,4)33)28-18-17-26-25(13-10-22-31(26,28)6)16-15-24-12-9-14-27(32)23(24)2/h7-8,15-16,26-28,32-33H,2,9-14,17-22H2,1,3-6H3/b8-7-,24-15-,25-16+/t26?,27-,28+,30-,31-/m0/s1. The van der Waals surface area contributed by atoms with E-state index >= 15 is 0 Å². The summed E-state index contributed by atoms with van der Waals surface area (Å²) in [7, 11) is 0. The minimum Gasteiger partial charge on any atom is -0.390 e. The summed E-state index contributed by atoms with van der Waals surface area (Å²) in [5.74, 6) is 1.39. The van der Waals surface area contributed by atoms with Crippen molar-refractivity contribution in [2.24, 2.45) is 22.7 Å². The molecule has 1 unspecified atom stereocenters. The highest BCUT2D eigenvalue weighted by Gasteiger charge is 2.54. The summed E-state index contributed by atoms with van der Waals surface area (Å²) in [6.07, 6.45) is 22.7. The number of aliphatic hydroxyl groups is 2. The van der Waals surface area contributed by atoms with Crippen LogP contribution in [0.2, 0.25) is 0 Å². The average Bonchev–Trinajstić information content (AvgIpc) is 3.10. The Morgan fingerprint density at radius 2 is 1.82 bits per heavy atom. The molecule has 2 nitrogen and oxygen atoms in total. The van der Waals surface area contributed by atoms with Gasteiger partial charge >= 0.3 is 0 Å². The molecular weight excluding hydrogens is 404 g/mol. The largest absolute Gasteiger partial charge is 0.390 e. The van der Waals surface area contributed by atoms with Crippen LogP contribution in [0.4, 0.5) is 0 Å². The van der Waals surface area contributed by atoms with Crippen LogP contribution in [0.25, 0.3) is 0 Å². The highest BCUT2D eigenvalue weighted by molar-refractivity contribution is 5.37. The molecule has 0 bridgehead atoms. The van der Waals surface area contributed by atoms with Gasteiger partial charge in [0.2, 0.25) is 0 Å². The first-order chi connectivity index (χ1) is 15.5. The highest BCUT2D eigenvalue weighted by Crippen LogP contribution is 2.63. The number of aliphatic hydroxyl groups excluding tert-OH is 1. The molecule has 0 aliphatic heterocycles. The van der Waals surface area contributed by atoms with Gasteiger partial charge < -0.3 is 10.2 Å². The third-order valence-corrected chi connectivity index (χ3v) is 9.40. The molecule has 5 atom stereocenters. The van der Waals surface area contributed by atoms with Crippen molar-refractivity contribution in [3.05, 3.63) is 47.6 Å². The van der Waals surface area contributed by atoms with E-state index in [1.165, 1.54) is 44.1 Å². The van der Waals surface area contributed by atoms with Gasteiger partial charge in [-0.25, -0.2) is 0 Å². The first-order valence-electron chi connectivity index (χ1n) is 13.6. The van der Waals surface area contributed by atoms with E-state index in [2.05, 4.69) is 51.7 Å². The summed E-state index contributed by atoms with van der Waals surface area (Å²) >= 11 is 0. The lowest BCUT2D eigenvalue weighted by molar-refractivity contribution is 0.0194. The van der Waals surface area contributed by atoms with Crippen LogP contribution in [0.15, 0.2) is 47.6 Å². The quantitative estimate of drug-likeness (QED) is 0.364. The maximum Gasteiger partial charge on any atom is 0.0787 e. The van der Waals surface area contributed by atoms with Gasteiger partial charge in [0.1, 0.15) is 0 Å². The molecule has 3 rings (SSSR count). The fourth-order valence-electron chi connectivity index (χ4n) is 7.55. The van der Waals surface area contributed by atoms with Crippen LogP contribution in [-0.2, 0) is 0 Å².